The Morgan fingerprint density at radius 2 is 1.90 bits per heavy atom. The van der Waals surface area contributed by atoms with Crippen molar-refractivity contribution in [3.63, 3.8) is 0 Å². The van der Waals surface area contributed by atoms with Crippen molar-refractivity contribution in [2.45, 2.75) is 6.92 Å². The molecule has 10 heteroatoms. The van der Waals surface area contributed by atoms with Gasteiger partial charge >= 0.3 is 11.7 Å². The van der Waals surface area contributed by atoms with Crippen molar-refractivity contribution >= 4 is 50.1 Å². The summed E-state index contributed by atoms with van der Waals surface area (Å²) in [5.41, 5.74) is 1.10. The van der Waals surface area contributed by atoms with Crippen LogP contribution in [0.25, 0.3) is 16.0 Å². The maximum Gasteiger partial charge on any atom is 0.334 e. The molecule has 0 spiro atoms. The van der Waals surface area contributed by atoms with E-state index in [1.54, 1.807) is 36.4 Å². The average Bonchev–Trinajstić information content (AvgIpc) is 3.07. The van der Waals surface area contributed by atoms with E-state index < -0.39 is 17.3 Å². The number of aryl methyl sites for hydroxylation is 1. The first-order chi connectivity index (χ1) is 13.9. The molecule has 29 heavy (non-hydrogen) atoms. The van der Waals surface area contributed by atoms with Crippen LogP contribution in [0.15, 0.2) is 58.1 Å². The molecule has 4 rings (SSSR count). The second kappa shape index (κ2) is 7.53. The number of carbonyl (C=O) groups is 1. The van der Waals surface area contributed by atoms with Gasteiger partial charge in [-0.05, 0) is 37.3 Å². The molecule has 0 unspecified atom stereocenters. The maximum absolute atomic E-state index is 12.4. The molecule has 0 atom stereocenters. The number of aromatic amines is 1. The lowest BCUT2D eigenvalue weighted by molar-refractivity contribution is 0.262. The van der Waals surface area contributed by atoms with Crippen LogP contribution in [0.5, 0.6) is 0 Å². The topological polar surface area (TPSA) is 109 Å². The maximum atomic E-state index is 12.4. The predicted molar refractivity (Wildman–Crippen MR) is 115 cm³/mol. The summed E-state index contributed by atoms with van der Waals surface area (Å²) in [6.45, 7) is 1.93. The molecule has 0 bridgehead atoms. The van der Waals surface area contributed by atoms with Gasteiger partial charge in [0.15, 0.2) is 10.8 Å². The molecule has 0 saturated heterocycles. The molecule has 146 valence electrons. The Morgan fingerprint density at radius 1 is 1.14 bits per heavy atom. The van der Waals surface area contributed by atoms with Gasteiger partial charge in [0.25, 0.3) is 5.56 Å². The van der Waals surface area contributed by atoms with Crippen molar-refractivity contribution in [2.24, 2.45) is 0 Å². The van der Waals surface area contributed by atoms with Crippen LogP contribution in [0.4, 0.5) is 15.6 Å². The van der Waals surface area contributed by atoms with Crippen LogP contribution >= 0.6 is 22.9 Å². The van der Waals surface area contributed by atoms with Crippen LogP contribution in [-0.4, -0.2) is 20.6 Å². The third kappa shape index (κ3) is 3.91. The number of urea groups is 1. The number of thiazole rings is 1. The van der Waals surface area contributed by atoms with E-state index in [4.69, 9.17) is 11.6 Å². The quantitative estimate of drug-likeness (QED) is 0.462. The summed E-state index contributed by atoms with van der Waals surface area (Å²) < 4.78 is 1.52. The number of anilines is 2. The first-order valence-electron chi connectivity index (χ1n) is 8.47. The zero-order valence-corrected chi connectivity index (χ0v) is 16.6. The normalized spacial score (nSPS) is 10.8. The number of nitrogens with zero attached hydrogens (tertiary/aromatic N) is 2. The summed E-state index contributed by atoms with van der Waals surface area (Å²) in [4.78, 5) is 43.5. The molecule has 0 aliphatic carbocycles. The number of carbonyl (C=O) groups excluding carboxylic acids is 1. The molecule has 0 radical (unpaired) electrons. The number of hydrogen-bond acceptors (Lipinski definition) is 5. The van der Waals surface area contributed by atoms with Crippen LogP contribution in [0.3, 0.4) is 0 Å². The average molecular weight is 428 g/mol. The number of halogens is 1. The van der Waals surface area contributed by atoms with E-state index in [1.807, 2.05) is 19.1 Å². The van der Waals surface area contributed by atoms with E-state index in [9.17, 15) is 14.4 Å². The fraction of sp³-hybridized carbons (Fsp3) is 0.0526. The number of benzene rings is 2. The third-order valence-corrected chi connectivity index (χ3v) is 5.24. The predicted octanol–water partition coefficient (Wildman–Crippen LogP) is 3.74. The van der Waals surface area contributed by atoms with Gasteiger partial charge in [0, 0.05) is 10.7 Å². The number of rotatable bonds is 3. The summed E-state index contributed by atoms with van der Waals surface area (Å²) >= 11 is 6.88. The molecule has 2 heterocycles. The smallest absolute Gasteiger partial charge is 0.308 e. The summed E-state index contributed by atoms with van der Waals surface area (Å²) in [5, 5.41) is 5.87. The Balaban J connectivity index is 1.70. The standard InChI is InChI=1S/C19H14ClN5O3S/c1-10-5-7-13(8-6-10)25-15-14(16(26)23-19(25)28)29-18(22-15)24-17(27)21-12-4-2-3-11(20)9-12/h2-9H,1H3,(H,23,26,28)(H2,21,22,24,27). The molecule has 0 aliphatic heterocycles. The molecule has 8 nitrogen and oxygen atoms in total. The molecular formula is C19H14ClN5O3S. The van der Waals surface area contributed by atoms with Crippen molar-refractivity contribution in [1.82, 2.24) is 14.5 Å². The van der Waals surface area contributed by atoms with E-state index in [2.05, 4.69) is 20.6 Å². The first kappa shape index (κ1) is 18.9. The highest BCUT2D eigenvalue weighted by atomic mass is 35.5. The monoisotopic (exact) mass is 427 g/mol. The number of hydrogen-bond donors (Lipinski definition) is 3. The highest BCUT2D eigenvalue weighted by Gasteiger charge is 2.16. The molecule has 2 aromatic heterocycles. The van der Waals surface area contributed by atoms with Crippen molar-refractivity contribution in [3.8, 4) is 5.69 Å². The van der Waals surface area contributed by atoms with Crippen LogP contribution in [0.2, 0.25) is 5.02 Å². The van der Waals surface area contributed by atoms with Gasteiger partial charge in [-0.15, -0.1) is 0 Å². The number of nitrogens with one attached hydrogen (secondary N) is 3. The Bertz CT molecular complexity index is 1340. The molecule has 4 aromatic rings. The van der Waals surface area contributed by atoms with Crippen LogP contribution < -0.4 is 21.9 Å². The van der Waals surface area contributed by atoms with Crippen LogP contribution in [0, 0.1) is 6.92 Å². The Labute approximate surface area is 172 Å². The van der Waals surface area contributed by atoms with Crippen molar-refractivity contribution in [3.05, 3.63) is 80.0 Å². The lowest BCUT2D eigenvalue weighted by Gasteiger charge is -2.06. The minimum Gasteiger partial charge on any atom is -0.308 e. The zero-order valence-electron chi connectivity index (χ0n) is 15.0. The molecule has 2 amide bonds. The van der Waals surface area contributed by atoms with Crippen LogP contribution in [0.1, 0.15) is 5.56 Å². The number of aromatic nitrogens is 3. The molecule has 0 fully saturated rings. The van der Waals surface area contributed by atoms with Gasteiger partial charge in [0.2, 0.25) is 0 Å². The van der Waals surface area contributed by atoms with E-state index in [0.29, 0.717) is 16.4 Å². The van der Waals surface area contributed by atoms with Gasteiger partial charge in [-0.3, -0.25) is 15.1 Å². The lowest BCUT2D eigenvalue weighted by Crippen LogP contribution is -2.28. The highest BCUT2D eigenvalue weighted by molar-refractivity contribution is 7.22. The summed E-state index contributed by atoms with van der Waals surface area (Å²) in [6.07, 6.45) is 0. The number of H-pyrrole nitrogens is 1. The van der Waals surface area contributed by atoms with Crippen molar-refractivity contribution in [1.29, 1.82) is 0 Å². The number of amides is 2. The van der Waals surface area contributed by atoms with Crippen molar-refractivity contribution in [2.75, 3.05) is 10.6 Å². The van der Waals surface area contributed by atoms with Gasteiger partial charge < -0.3 is 5.32 Å². The van der Waals surface area contributed by atoms with Gasteiger partial charge in [0.05, 0.1) is 5.69 Å². The molecule has 0 aliphatic rings. The minimum atomic E-state index is -0.605. The van der Waals surface area contributed by atoms with E-state index in [0.717, 1.165) is 16.9 Å². The fourth-order valence-electron chi connectivity index (χ4n) is 2.73. The highest BCUT2D eigenvalue weighted by Crippen LogP contribution is 2.24. The molecule has 2 aromatic carbocycles. The van der Waals surface area contributed by atoms with Crippen LogP contribution in [-0.2, 0) is 0 Å². The Morgan fingerprint density at radius 3 is 2.62 bits per heavy atom. The lowest BCUT2D eigenvalue weighted by atomic mass is 10.2. The third-order valence-electron chi connectivity index (χ3n) is 4.05. The van der Waals surface area contributed by atoms with Gasteiger partial charge in [0.1, 0.15) is 4.70 Å². The van der Waals surface area contributed by atoms with Gasteiger partial charge in [-0.25, -0.2) is 19.1 Å². The van der Waals surface area contributed by atoms with E-state index in [-0.39, 0.29) is 15.5 Å². The first-order valence-corrected chi connectivity index (χ1v) is 9.66. The Kier molecular flexibility index (Phi) is 4.91. The largest absolute Gasteiger partial charge is 0.334 e. The van der Waals surface area contributed by atoms with E-state index >= 15 is 0 Å². The fourth-order valence-corrected chi connectivity index (χ4v) is 3.76. The second-order valence-corrected chi connectivity index (χ2v) is 7.63. The molecule has 0 saturated carbocycles. The second-order valence-electron chi connectivity index (χ2n) is 6.19. The van der Waals surface area contributed by atoms with Crippen molar-refractivity contribution < 1.29 is 4.79 Å². The van der Waals surface area contributed by atoms with E-state index in [1.165, 1.54) is 4.57 Å². The molecule has 3 N–H and O–H groups in total. The van der Waals surface area contributed by atoms with Gasteiger partial charge in [-0.2, -0.15) is 0 Å². The molecular weight excluding hydrogens is 414 g/mol. The minimum absolute atomic E-state index is 0.172. The Hall–Kier alpha value is -3.43. The van der Waals surface area contributed by atoms with Gasteiger partial charge in [-0.1, -0.05) is 46.7 Å². The number of fused-ring (bicyclic) bond motifs is 1. The SMILES string of the molecule is Cc1ccc(-n2c(=O)[nH]c(=O)c3sc(NC(=O)Nc4cccc(Cl)c4)nc32)cc1. The zero-order chi connectivity index (χ0) is 20.5. The summed E-state index contributed by atoms with van der Waals surface area (Å²) in [7, 11) is 0. The summed E-state index contributed by atoms with van der Waals surface area (Å²) in [6, 6.07) is 13.3. The summed E-state index contributed by atoms with van der Waals surface area (Å²) in [5.74, 6) is 0.